The Balaban J connectivity index is 1.63. The van der Waals surface area contributed by atoms with Gasteiger partial charge in [-0.2, -0.15) is 0 Å². The van der Waals surface area contributed by atoms with Crippen LogP contribution >= 0.6 is 11.3 Å². The molecule has 2 unspecified atom stereocenters. The molecule has 0 radical (unpaired) electrons. The van der Waals surface area contributed by atoms with Gasteiger partial charge in [-0.15, -0.1) is 11.3 Å². The van der Waals surface area contributed by atoms with Crippen molar-refractivity contribution in [1.29, 1.82) is 0 Å². The average Bonchev–Trinajstić information content (AvgIpc) is 3.32. The zero-order valence-corrected chi connectivity index (χ0v) is 14.3. The molecule has 2 atom stereocenters. The molecule has 2 aliphatic rings. The first kappa shape index (κ1) is 15.5. The lowest BCUT2D eigenvalue weighted by Gasteiger charge is -2.03. The van der Waals surface area contributed by atoms with Gasteiger partial charge in [-0.1, -0.05) is 13.3 Å². The minimum atomic E-state index is -3.33. The molecule has 4 nitrogen and oxygen atoms in total. The van der Waals surface area contributed by atoms with Crippen LogP contribution in [0.25, 0.3) is 0 Å². The largest absolute Gasteiger partial charge is 0.309 e. The Labute approximate surface area is 131 Å². The van der Waals surface area contributed by atoms with Crippen molar-refractivity contribution in [1.82, 2.24) is 10.0 Å². The maximum atomic E-state index is 12.4. The Hall–Kier alpha value is -0.430. The molecule has 0 spiro atoms. The van der Waals surface area contributed by atoms with Crippen molar-refractivity contribution in [3.63, 3.8) is 0 Å². The molecule has 0 aliphatic heterocycles. The third kappa shape index (κ3) is 3.86. The predicted molar refractivity (Wildman–Crippen MR) is 86.0 cm³/mol. The maximum absolute atomic E-state index is 12.4. The van der Waals surface area contributed by atoms with Gasteiger partial charge in [0.25, 0.3) is 0 Å². The summed E-state index contributed by atoms with van der Waals surface area (Å²) in [6, 6.07) is 2.62. The first-order chi connectivity index (χ1) is 9.99. The summed E-state index contributed by atoms with van der Waals surface area (Å²) in [6.07, 6.45) is 5.73. The number of thiophene rings is 1. The molecule has 0 saturated heterocycles. The van der Waals surface area contributed by atoms with E-state index in [2.05, 4.69) is 17.0 Å². The smallest absolute Gasteiger partial charge is 0.250 e. The minimum absolute atomic E-state index is 0.158. The normalized spacial score (nSPS) is 25.2. The number of hydrogen-bond acceptors (Lipinski definition) is 4. The monoisotopic (exact) mass is 328 g/mol. The Morgan fingerprint density at radius 3 is 2.81 bits per heavy atom. The SMILES string of the molecule is CCCC1CC1NS(=O)(=O)c1cc(C)c(CNC2CC2)s1. The summed E-state index contributed by atoms with van der Waals surface area (Å²) in [5.74, 6) is 0.543. The van der Waals surface area contributed by atoms with Gasteiger partial charge >= 0.3 is 0 Å². The van der Waals surface area contributed by atoms with E-state index >= 15 is 0 Å². The highest BCUT2D eigenvalue weighted by Crippen LogP contribution is 2.36. The van der Waals surface area contributed by atoms with E-state index in [1.165, 1.54) is 24.2 Å². The number of sulfonamides is 1. The number of nitrogens with one attached hydrogen (secondary N) is 2. The van der Waals surface area contributed by atoms with Crippen LogP contribution in [0.1, 0.15) is 49.5 Å². The van der Waals surface area contributed by atoms with E-state index in [9.17, 15) is 8.42 Å². The van der Waals surface area contributed by atoms with Gasteiger partial charge < -0.3 is 5.32 Å². The van der Waals surface area contributed by atoms with Crippen molar-refractivity contribution in [3.8, 4) is 0 Å². The van der Waals surface area contributed by atoms with Crippen molar-refractivity contribution in [2.75, 3.05) is 0 Å². The average molecular weight is 329 g/mol. The van der Waals surface area contributed by atoms with Gasteiger partial charge in [0.15, 0.2) is 0 Å². The van der Waals surface area contributed by atoms with E-state index < -0.39 is 10.0 Å². The van der Waals surface area contributed by atoms with Gasteiger partial charge in [0.05, 0.1) is 0 Å². The predicted octanol–water partition coefficient (Wildman–Crippen LogP) is 2.78. The summed E-state index contributed by atoms with van der Waals surface area (Å²) in [5, 5.41) is 3.45. The number of hydrogen-bond donors (Lipinski definition) is 2. The summed E-state index contributed by atoms with van der Waals surface area (Å²) in [4.78, 5) is 1.14. The number of aryl methyl sites for hydroxylation is 1. The standard InChI is InChI=1S/C15H24N2O2S2/c1-3-4-11-8-13(11)17-21(18,19)15-7-10(2)14(20-15)9-16-12-5-6-12/h7,11-13,16-17H,3-6,8-9H2,1-2H3. The lowest BCUT2D eigenvalue weighted by Crippen LogP contribution is -2.26. The van der Waals surface area contributed by atoms with Crippen LogP contribution in [0, 0.1) is 12.8 Å². The highest BCUT2D eigenvalue weighted by Gasteiger charge is 2.39. The second-order valence-corrected chi connectivity index (χ2v) is 9.42. The lowest BCUT2D eigenvalue weighted by molar-refractivity contribution is 0.575. The molecule has 2 saturated carbocycles. The fourth-order valence-corrected chi connectivity index (χ4v) is 5.53. The number of rotatable bonds is 8. The van der Waals surface area contributed by atoms with Crippen LogP contribution in [0.2, 0.25) is 0 Å². The van der Waals surface area contributed by atoms with Crippen molar-refractivity contribution < 1.29 is 8.42 Å². The van der Waals surface area contributed by atoms with E-state index in [-0.39, 0.29) is 6.04 Å². The molecule has 21 heavy (non-hydrogen) atoms. The van der Waals surface area contributed by atoms with Gasteiger partial charge in [0.1, 0.15) is 4.21 Å². The van der Waals surface area contributed by atoms with Crippen molar-refractivity contribution in [2.24, 2.45) is 5.92 Å². The van der Waals surface area contributed by atoms with Crippen molar-refractivity contribution >= 4 is 21.4 Å². The lowest BCUT2D eigenvalue weighted by atomic mass is 10.2. The molecule has 2 N–H and O–H groups in total. The summed E-state index contributed by atoms with van der Waals surface area (Å²) in [7, 11) is -3.33. The minimum Gasteiger partial charge on any atom is -0.309 e. The molecule has 6 heteroatoms. The first-order valence-corrected chi connectivity index (χ1v) is 10.1. The van der Waals surface area contributed by atoms with E-state index in [0.717, 1.165) is 36.2 Å². The molecule has 118 valence electrons. The molecule has 2 aliphatic carbocycles. The van der Waals surface area contributed by atoms with Crippen LogP contribution in [0.4, 0.5) is 0 Å². The van der Waals surface area contributed by atoms with Crippen LogP contribution in [-0.4, -0.2) is 20.5 Å². The summed E-state index contributed by atoms with van der Waals surface area (Å²) < 4.78 is 28.2. The molecule has 3 rings (SSSR count). The zero-order chi connectivity index (χ0) is 15.0. The van der Waals surface area contributed by atoms with Crippen LogP contribution in [0.3, 0.4) is 0 Å². The summed E-state index contributed by atoms with van der Waals surface area (Å²) in [6.45, 7) is 4.93. The molecule has 0 bridgehead atoms. The van der Waals surface area contributed by atoms with Crippen LogP contribution < -0.4 is 10.0 Å². The topological polar surface area (TPSA) is 58.2 Å². The third-order valence-corrected chi connectivity index (χ3v) is 7.48. The van der Waals surface area contributed by atoms with E-state index in [1.54, 1.807) is 0 Å². The fraction of sp³-hybridized carbons (Fsp3) is 0.733. The molecule has 1 aromatic heterocycles. The Kier molecular flexibility index (Phi) is 4.41. The van der Waals surface area contributed by atoms with E-state index in [1.807, 2.05) is 13.0 Å². The molecule has 2 fully saturated rings. The maximum Gasteiger partial charge on any atom is 0.250 e. The molecular weight excluding hydrogens is 304 g/mol. The van der Waals surface area contributed by atoms with E-state index in [4.69, 9.17) is 0 Å². The Bertz CT molecular complexity index is 605. The highest BCUT2D eigenvalue weighted by atomic mass is 32.2. The van der Waals surface area contributed by atoms with E-state index in [0.29, 0.717) is 16.2 Å². The van der Waals surface area contributed by atoms with Crippen LogP contribution in [0.5, 0.6) is 0 Å². The third-order valence-electron chi connectivity index (χ3n) is 4.28. The summed E-state index contributed by atoms with van der Waals surface area (Å²) in [5.41, 5.74) is 1.08. The molecular formula is C15H24N2O2S2. The fourth-order valence-electron chi connectivity index (χ4n) is 2.66. The van der Waals surface area contributed by atoms with Gasteiger partial charge in [0.2, 0.25) is 10.0 Å². The Morgan fingerprint density at radius 2 is 2.14 bits per heavy atom. The quantitative estimate of drug-likeness (QED) is 0.771. The second kappa shape index (κ2) is 5.99. The first-order valence-electron chi connectivity index (χ1n) is 7.84. The van der Waals surface area contributed by atoms with Gasteiger partial charge in [0, 0.05) is 23.5 Å². The molecule has 1 heterocycles. The molecule has 1 aromatic rings. The second-order valence-electron chi connectivity index (χ2n) is 6.34. The summed E-state index contributed by atoms with van der Waals surface area (Å²) >= 11 is 1.41. The van der Waals surface area contributed by atoms with Gasteiger partial charge in [-0.05, 0) is 50.2 Å². The van der Waals surface area contributed by atoms with Gasteiger partial charge in [-0.3, -0.25) is 0 Å². The Morgan fingerprint density at radius 1 is 1.38 bits per heavy atom. The van der Waals surface area contributed by atoms with Gasteiger partial charge in [-0.25, -0.2) is 13.1 Å². The highest BCUT2D eigenvalue weighted by molar-refractivity contribution is 7.91. The van der Waals surface area contributed by atoms with Crippen LogP contribution in [-0.2, 0) is 16.6 Å². The van der Waals surface area contributed by atoms with Crippen LogP contribution in [0.15, 0.2) is 10.3 Å². The molecule has 0 aromatic carbocycles. The van der Waals surface area contributed by atoms with Crippen molar-refractivity contribution in [2.45, 2.75) is 68.8 Å². The zero-order valence-electron chi connectivity index (χ0n) is 12.7. The van der Waals surface area contributed by atoms with Crippen molar-refractivity contribution in [3.05, 3.63) is 16.5 Å². The molecule has 0 amide bonds.